The fourth-order valence-electron chi connectivity index (χ4n) is 2.83. The molecule has 2 rings (SSSR count). The van der Waals surface area contributed by atoms with Crippen LogP contribution < -0.4 is 42.4 Å². The Labute approximate surface area is 180 Å². The van der Waals surface area contributed by atoms with Crippen molar-refractivity contribution in [3.63, 3.8) is 0 Å². The van der Waals surface area contributed by atoms with Crippen molar-refractivity contribution in [2.45, 2.75) is 52.1 Å². The van der Waals surface area contributed by atoms with E-state index in [9.17, 15) is 0 Å². The van der Waals surface area contributed by atoms with Gasteiger partial charge in [-0.2, -0.15) is 0 Å². The SMILES string of the molecule is C[Si](C)(C)C1=CCC(Cc2ccc([Si](C)(C)C)cc2)=[C]1[Ti+3].[Cl-].[Cl-].[Cl-]. The molecule has 1 aromatic carbocycles. The van der Waals surface area contributed by atoms with Crippen LogP contribution in [0.25, 0.3) is 0 Å². The van der Waals surface area contributed by atoms with Gasteiger partial charge in [0.15, 0.2) is 0 Å². The van der Waals surface area contributed by atoms with E-state index in [2.05, 4.69) is 90.1 Å². The van der Waals surface area contributed by atoms with Gasteiger partial charge in [0.25, 0.3) is 0 Å². The molecule has 1 aliphatic rings. The maximum Gasteiger partial charge on any atom is -1.00 e. The van der Waals surface area contributed by atoms with E-state index in [1.165, 1.54) is 12.0 Å². The van der Waals surface area contributed by atoms with Crippen LogP contribution in [-0.2, 0) is 26.9 Å². The van der Waals surface area contributed by atoms with Gasteiger partial charge in [-0.3, -0.25) is 0 Å². The second-order valence-electron chi connectivity index (χ2n) is 8.17. The maximum absolute atomic E-state index is 2.49. The maximum atomic E-state index is 2.49. The molecule has 0 N–H and O–H groups in total. The molecule has 1 aliphatic carbocycles. The molecule has 0 radical (unpaired) electrons. The molecule has 132 valence electrons. The van der Waals surface area contributed by atoms with Gasteiger partial charge in [0.1, 0.15) is 0 Å². The van der Waals surface area contributed by atoms with Gasteiger partial charge in [-0.15, -0.1) is 0 Å². The van der Waals surface area contributed by atoms with Crippen LogP contribution in [0.4, 0.5) is 0 Å². The Hall–Kier alpha value is 0.718. The van der Waals surface area contributed by atoms with E-state index in [-0.39, 0.29) is 37.2 Å². The number of rotatable bonds is 4. The summed E-state index contributed by atoms with van der Waals surface area (Å²) in [5.41, 5.74) is 3.10. The minimum atomic E-state index is -1.17. The zero-order chi connectivity index (χ0) is 15.8. The monoisotopic (exact) mass is 452 g/mol. The third-order valence-electron chi connectivity index (χ3n) is 4.22. The predicted octanol–water partition coefficient (Wildman–Crippen LogP) is -4.21. The second kappa shape index (κ2) is 10.2. The Balaban J connectivity index is 0. The molecule has 0 bridgehead atoms. The molecule has 0 fully saturated rings. The van der Waals surface area contributed by atoms with Crippen LogP contribution in [0.1, 0.15) is 12.0 Å². The van der Waals surface area contributed by atoms with E-state index < -0.39 is 16.1 Å². The molecule has 24 heavy (non-hydrogen) atoms. The van der Waals surface area contributed by atoms with E-state index in [1.807, 2.05) is 0 Å². The summed E-state index contributed by atoms with van der Waals surface area (Å²) in [7, 11) is -2.34. The minimum Gasteiger partial charge on any atom is -1.00 e. The molecule has 0 saturated heterocycles. The first-order valence-corrected chi connectivity index (χ1v) is 15.6. The fraction of sp³-hybridized carbons (Fsp3) is 0.444. The summed E-state index contributed by atoms with van der Waals surface area (Å²) in [5, 5.41) is 3.24. The average molecular weight is 454 g/mol. The van der Waals surface area contributed by atoms with E-state index in [1.54, 1.807) is 19.8 Å². The summed E-state index contributed by atoms with van der Waals surface area (Å²) >= 11 is 2.34. The molecule has 0 aromatic heterocycles. The first-order chi connectivity index (χ1) is 9.59. The van der Waals surface area contributed by atoms with E-state index >= 15 is 0 Å². The van der Waals surface area contributed by atoms with Gasteiger partial charge in [0, 0.05) is 0 Å². The minimum absolute atomic E-state index is 0. The Morgan fingerprint density at radius 1 is 0.833 bits per heavy atom. The van der Waals surface area contributed by atoms with Crippen molar-refractivity contribution in [3.8, 4) is 0 Å². The molecule has 0 atom stereocenters. The number of hydrogen-bond acceptors (Lipinski definition) is 0. The van der Waals surface area contributed by atoms with Crippen molar-refractivity contribution in [1.29, 1.82) is 0 Å². The summed E-state index contributed by atoms with van der Waals surface area (Å²) in [5.74, 6) is 0. The number of hydrogen-bond donors (Lipinski definition) is 0. The Bertz CT molecular complexity index is 594. The predicted molar refractivity (Wildman–Crippen MR) is 96.2 cm³/mol. The van der Waals surface area contributed by atoms with Gasteiger partial charge in [0.2, 0.25) is 0 Å². The van der Waals surface area contributed by atoms with Crippen molar-refractivity contribution in [3.05, 3.63) is 50.6 Å². The van der Waals surface area contributed by atoms with Crippen LogP contribution in [0.5, 0.6) is 0 Å². The van der Waals surface area contributed by atoms with Crippen LogP contribution in [0, 0.1) is 0 Å². The summed E-state index contributed by atoms with van der Waals surface area (Å²) in [4.78, 5) is 0. The molecule has 0 amide bonds. The largest absolute Gasteiger partial charge is 1.00 e. The van der Waals surface area contributed by atoms with Crippen molar-refractivity contribution in [2.75, 3.05) is 0 Å². The molecule has 1 aromatic rings. The first-order valence-electron chi connectivity index (χ1n) is 7.83. The quantitative estimate of drug-likeness (QED) is 0.406. The summed E-state index contributed by atoms with van der Waals surface area (Å²) in [6, 6.07) is 9.42. The van der Waals surface area contributed by atoms with Crippen molar-refractivity contribution < 1.29 is 57.7 Å². The topological polar surface area (TPSA) is 0 Å². The summed E-state index contributed by atoms with van der Waals surface area (Å²) in [6.45, 7) is 14.6. The molecule has 0 heterocycles. The van der Waals surface area contributed by atoms with E-state index in [0.717, 1.165) is 6.42 Å². The fourth-order valence-corrected chi connectivity index (χ4v) is 7.85. The van der Waals surface area contributed by atoms with Crippen molar-refractivity contribution in [1.82, 2.24) is 0 Å². The van der Waals surface area contributed by atoms with Gasteiger partial charge in [-0.1, -0.05) is 0 Å². The van der Waals surface area contributed by atoms with Crippen LogP contribution in [-0.4, -0.2) is 16.1 Å². The molecular formula is C18H27Cl3Si2Ti. The summed E-state index contributed by atoms with van der Waals surface area (Å²) in [6.07, 6.45) is 4.79. The Morgan fingerprint density at radius 3 is 1.71 bits per heavy atom. The van der Waals surface area contributed by atoms with Gasteiger partial charge in [-0.25, -0.2) is 0 Å². The first kappa shape index (κ1) is 26.9. The van der Waals surface area contributed by atoms with Gasteiger partial charge in [0.05, 0.1) is 0 Å². The zero-order valence-corrected chi connectivity index (χ0v) is 21.3. The van der Waals surface area contributed by atoms with Gasteiger partial charge < -0.3 is 37.2 Å². The average Bonchev–Trinajstić information content (AvgIpc) is 2.70. The van der Waals surface area contributed by atoms with Crippen LogP contribution >= 0.6 is 0 Å². The van der Waals surface area contributed by atoms with Crippen LogP contribution in [0.3, 0.4) is 0 Å². The number of halogens is 3. The zero-order valence-electron chi connectivity index (χ0n) is 15.4. The van der Waals surface area contributed by atoms with Gasteiger partial charge >= 0.3 is 144 Å². The standard InChI is InChI=1S/C18H27Si2.3ClH.Ti/c1-19(2,3)17-10-7-15(8-11-17)13-16-9-12-18(14-16)20(4,5)6;;;;/h7-8,10-12H,9,13H2,1-6H3;3*1H;/q;;;;+3/p-3. The van der Waals surface area contributed by atoms with Crippen LogP contribution in [0.15, 0.2) is 45.0 Å². The van der Waals surface area contributed by atoms with E-state index in [0.29, 0.717) is 0 Å². The molecule has 0 spiro atoms. The number of benzene rings is 1. The smallest absolute Gasteiger partial charge is 1.00 e. The Morgan fingerprint density at radius 2 is 1.33 bits per heavy atom. The van der Waals surface area contributed by atoms with Crippen molar-refractivity contribution in [2.24, 2.45) is 0 Å². The van der Waals surface area contributed by atoms with Crippen LogP contribution in [0.2, 0.25) is 39.3 Å². The molecule has 0 unspecified atom stereocenters. The molecule has 0 nitrogen and oxygen atoms in total. The third-order valence-corrected chi connectivity index (χ3v) is 9.72. The number of allylic oxidation sites excluding steroid dienone is 4. The Kier molecular flexibility index (Phi) is 11.4. The van der Waals surface area contributed by atoms with Gasteiger partial charge in [-0.05, 0) is 0 Å². The third kappa shape index (κ3) is 6.79. The second-order valence-corrected chi connectivity index (χ2v) is 19.1. The van der Waals surface area contributed by atoms with Crippen molar-refractivity contribution >= 4 is 21.3 Å². The normalized spacial score (nSPS) is 14.4. The molecule has 0 saturated carbocycles. The van der Waals surface area contributed by atoms with E-state index in [4.69, 9.17) is 0 Å². The molecule has 0 aliphatic heterocycles. The molecular weight excluding hydrogens is 427 g/mol. The molecule has 6 heteroatoms. The summed E-state index contributed by atoms with van der Waals surface area (Å²) < 4.78 is 1.59.